The molecule has 0 aliphatic rings. The van der Waals surface area contributed by atoms with E-state index in [0.29, 0.717) is 5.69 Å². The van der Waals surface area contributed by atoms with Crippen LogP contribution in [0.1, 0.15) is 11.1 Å². The van der Waals surface area contributed by atoms with E-state index in [1.165, 1.54) is 18.2 Å². The Morgan fingerprint density at radius 3 is 2.11 bits per heavy atom. The molecule has 0 radical (unpaired) electrons. The van der Waals surface area contributed by atoms with Crippen LogP contribution < -0.4 is 4.72 Å². The Hall–Kier alpha value is -1.88. The van der Waals surface area contributed by atoms with Crippen molar-refractivity contribution in [1.29, 1.82) is 0 Å². The fourth-order valence-electron chi connectivity index (χ4n) is 1.83. The number of hydrogen-bond acceptors (Lipinski definition) is 2. The minimum Gasteiger partial charge on any atom is -0.279 e. The van der Waals surface area contributed by atoms with Gasteiger partial charge in [0, 0.05) is 0 Å². The SMILES string of the molecule is Cc1cccc(C)c1NS(=O)(=O)c1ccccc1F. The summed E-state index contributed by atoms with van der Waals surface area (Å²) in [5, 5.41) is 0. The maximum Gasteiger partial charge on any atom is 0.264 e. The first-order chi connectivity index (χ1) is 8.92. The van der Waals surface area contributed by atoms with Gasteiger partial charge in [-0.15, -0.1) is 0 Å². The largest absolute Gasteiger partial charge is 0.279 e. The van der Waals surface area contributed by atoms with Gasteiger partial charge in [-0.3, -0.25) is 4.72 Å². The monoisotopic (exact) mass is 279 g/mol. The van der Waals surface area contributed by atoms with Crippen molar-refractivity contribution in [3.8, 4) is 0 Å². The summed E-state index contributed by atoms with van der Waals surface area (Å²) in [5.41, 5.74) is 2.07. The van der Waals surface area contributed by atoms with Gasteiger partial charge < -0.3 is 0 Å². The van der Waals surface area contributed by atoms with E-state index >= 15 is 0 Å². The first-order valence-corrected chi connectivity index (χ1v) is 7.24. The number of hydrogen-bond donors (Lipinski definition) is 1. The molecule has 5 heteroatoms. The highest BCUT2D eigenvalue weighted by Gasteiger charge is 2.19. The first-order valence-electron chi connectivity index (χ1n) is 5.75. The second-order valence-electron chi connectivity index (χ2n) is 4.30. The molecule has 2 rings (SSSR count). The van der Waals surface area contributed by atoms with Crippen molar-refractivity contribution in [2.24, 2.45) is 0 Å². The maximum absolute atomic E-state index is 13.6. The van der Waals surface area contributed by atoms with Crippen LogP contribution in [0.4, 0.5) is 10.1 Å². The number of benzene rings is 2. The second-order valence-corrected chi connectivity index (χ2v) is 5.95. The fourth-order valence-corrected chi connectivity index (χ4v) is 3.11. The Labute approximate surface area is 112 Å². The zero-order valence-corrected chi connectivity index (χ0v) is 11.5. The molecular formula is C14H14FNO2S. The molecule has 2 aromatic rings. The van der Waals surface area contributed by atoms with Gasteiger partial charge in [0.25, 0.3) is 10.0 Å². The lowest BCUT2D eigenvalue weighted by atomic mass is 10.1. The van der Waals surface area contributed by atoms with Crippen molar-refractivity contribution >= 4 is 15.7 Å². The predicted molar refractivity (Wildman–Crippen MR) is 73.1 cm³/mol. The van der Waals surface area contributed by atoms with Gasteiger partial charge in [-0.25, -0.2) is 12.8 Å². The van der Waals surface area contributed by atoms with Crippen LogP contribution in [0, 0.1) is 19.7 Å². The smallest absolute Gasteiger partial charge is 0.264 e. The first kappa shape index (κ1) is 13.5. The van der Waals surface area contributed by atoms with E-state index in [4.69, 9.17) is 0 Å². The van der Waals surface area contributed by atoms with Crippen LogP contribution in [-0.2, 0) is 10.0 Å². The lowest BCUT2D eigenvalue weighted by molar-refractivity contribution is 0.570. The molecule has 0 heterocycles. The Kier molecular flexibility index (Phi) is 3.57. The van der Waals surface area contributed by atoms with Gasteiger partial charge in [0.1, 0.15) is 10.7 Å². The summed E-state index contributed by atoms with van der Waals surface area (Å²) in [5.74, 6) is -0.763. The van der Waals surface area contributed by atoms with E-state index in [1.54, 1.807) is 26.0 Å². The highest BCUT2D eigenvalue weighted by atomic mass is 32.2. The number of para-hydroxylation sites is 1. The molecule has 19 heavy (non-hydrogen) atoms. The van der Waals surface area contributed by atoms with E-state index in [1.807, 2.05) is 6.07 Å². The number of anilines is 1. The Bertz CT molecular complexity index is 691. The lowest BCUT2D eigenvalue weighted by Gasteiger charge is -2.13. The third kappa shape index (κ3) is 2.76. The van der Waals surface area contributed by atoms with E-state index < -0.39 is 15.8 Å². The fraction of sp³-hybridized carbons (Fsp3) is 0.143. The molecular weight excluding hydrogens is 265 g/mol. The topological polar surface area (TPSA) is 46.2 Å². The summed E-state index contributed by atoms with van der Waals surface area (Å²) in [6.07, 6.45) is 0. The quantitative estimate of drug-likeness (QED) is 0.937. The number of nitrogens with one attached hydrogen (secondary N) is 1. The maximum atomic E-state index is 13.6. The van der Waals surface area contributed by atoms with Crippen LogP contribution in [0.25, 0.3) is 0 Å². The number of rotatable bonds is 3. The van der Waals surface area contributed by atoms with Gasteiger partial charge in [-0.1, -0.05) is 30.3 Å². The predicted octanol–water partition coefficient (Wildman–Crippen LogP) is 3.24. The molecule has 0 atom stereocenters. The van der Waals surface area contributed by atoms with Crippen LogP contribution in [0.5, 0.6) is 0 Å². The van der Waals surface area contributed by atoms with Crippen molar-refractivity contribution in [2.45, 2.75) is 18.7 Å². The minimum absolute atomic E-state index is 0.349. The molecule has 0 aliphatic carbocycles. The number of halogens is 1. The van der Waals surface area contributed by atoms with Gasteiger partial charge in [-0.2, -0.15) is 0 Å². The van der Waals surface area contributed by atoms with Crippen LogP contribution in [0.15, 0.2) is 47.4 Å². The van der Waals surface area contributed by atoms with Crippen LogP contribution >= 0.6 is 0 Å². The van der Waals surface area contributed by atoms with E-state index in [2.05, 4.69) is 4.72 Å². The van der Waals surface area contributed by atoms with Crippen molar-refractivity contribution in [1.82, 2.24) is 0 Å². The zero-order valence-electron chi connectivity index (χ0n) is 10.6. The second kappa shape index (κ2) is 5.01. The highest BCUT2D eigenvalue weighted by molar-refractivity contribution is 7.92. The molecule has 1 N–H and O–H groups in total. The van der Waals surface area contributed by atoms with E-state index in [-0.39, 0.29) is 4.90 Å². The molecule has 0 amide bonds. The highest BCUT2D eigenvalue weighted by Crippen LogP contribution is 2.24. The van der Waals surface area contributed by atoms with Gasteiger partial charge in [-0.05, 0) is 37.1 Å². The minimum atomic E-state index is -3.91. The van der Waals surface area contributed by atoms with Crippen molar-refractivity contribution in [3.63, 3.8) is 0 Å². The Balaban J connectivity index is 2.46. The van der Waals surface area contributed by atoms with Crippen LogP contribution in [0.3, 0.4) is 0 Å². The van der Waals surface area contributed by atoms with Crippen LogP contribution in [0.2, 0.25) is 0 Å². The Morgan fingerprint density at radius 1 is 0.947 bits per heavy atom. The average Bonchev–Trinajstić information content (AvgIpc) is 2.34. The summed E-state index contributed by atoms with van der Waals surface area (Å²) in [4.78, 5) is -0.349. The molecule has 0 aromatic heterocycles. The summed E-state index contributed by atoms with van der Waals surface area (Å²) < 4.78 is 40.4. The summed E-state index contributed by atoms with van der Waals surface area (Å²) in [6.45, 7) is 3.60. The molecule has 0 bridgehead atoms. The molecule has 0 aliphatic heterocycles. The van der Waals surface area contributed by atoms with Crippen LogP contribution in [-0.4, -0.2) is 8.42 Å². The number of aryl methyl sites for hydroxylation is 2. The molecule has 2 aromatic carbocycles. The molecule has 0 saturated carbocycles. The third-order valence-electron chi connectivity index (χ3n) is 2.84. The number of sulfonamides is 1. The standard InChI is InChI=1S/C14H14FNO2S/c1-10-6-5-7-11(2)14(10)16-19(17,18)13-9-4-3-8-12(13)15/h3-9,16H,1-2H3. The molecule has 3 nitrogen and oxygen atoms in total. The molecule has 0 saturated heterocycles. The normalized spacial score (nSPS) is 11.3. The van der Waals surface area contributed by atoms with Gasteiger partial charge >= 0.3 is 0 Å². The van der Waals surface area contributed by atoms with Crippen molar-refractivity contribution < 1.29 is 12.8 Å². The van der Waals surface area contributed by atoms with Crippen molar-refractivity contribution in [3.05, 3.63) is 59.4 Å². The third-order valence-corrected chi connectivity index (χ3v) is 4.23. The molecule has 0 unspecified atom stereocenters. The molecule has 0 spiro atoms. The van der Waals surface area contributed by atoms with E-state index in [0.717, 1.165) is 17.2 Å². The summed E-state index contributed by atoms with van der Waals surface area (Å²) in [7, 11) is -3.91. The Morgan fingerprint density at radius 2 is 1.53 bits per heavy atom. The molecule has 0 fully saturated rings. The van der Waals surface area contributed by atoms with Gasteiger partial charge in [0.15, 0.2) is 0 Å². The molecule has 100 valence electrons. The lowest BCUT2D eigenvalue weighted by Crippen LogP contribution is -2.16. The van der Waals surface area contributed by atoms with Gasteiger partial charge in [0.2, 0.25) is 0 Å². The zero-order chi connectivity index (χ0) is 14.0. The van der Waals surface area contributed by atoms with Crippen molar-refractivity contribution in [2.75, 3.05) is 4.72 Å². The summed E-state index contributed by atoms with van der Waals surface area (Å²) >= 11 is 0. The van der Waals surface area contributed by atoms with Gasteiger partial charge in [0.05, 0.1) is 5.69 Å². The van der Waals surface area contributed by atoms with E-state index in [9.17, 15) is 12.8 Å². The average molecular weight is 279 g/mol. The summed E-state index contributed by atoms with van der Waals surface area (Å²) in [6, 6.07) is 10.7.